The summed E-state index contributed by atoms with van der Waals surface area (Å²) in [5, 5.41) is 19.9. The Balaban J connectivity index is 1.26. The van der Waals surface area contributed by atoms with E-state index in [1.807, 2.05) is 12.1 Å². The second-order valence-electron chi connectivity index (χ2n) is 6.76. The van der Waals surface area contributed by atoms with E-state index in [1.54, 1.807) is 12.1 Å². The molecule has 2 aromatic heterocycles. The van der Waals surface area contributed by atoms with Gasteiger partial charge in [-0.3, -0.25) is 4.79 Å². The number of amides is 1. The number of rotatable bonds is 8. The number of oxazole rings is 1. The molecule has 0 saturated carbocycles. The van der Waals surface area contributed by atoms with Crippen molar-refractivity contribution in [1.29, 1.82) is 5.26 Å². The van der Waals surface area contributed by atoms with Crippen LogP contribution in [0.4, 0.5) is 13.9 Å². The Morgan fingerprint density at radius 3 is 2.76 bits per heavy atom. The van der Waals surface area contributed by atoms with Gasteiger partial charge in [0.05, 0.1) is 23.4 Å². The minimum absolute atomic E-state index is 0.0825. The van der Waals surface area contributed by atoms with Crippen LogP contribution in [0.5, 0.6) is 0 Å². The third-order valence-electron chi connectivity index (χ3n) is 4.41. The average molecular weight is 484 g/mol. The number of carbonyl (C=O) groups is 1. The highest BCUT2D eigenvalue weighted by Crippen LogP contribution is 2.29. The van der Waals surface area contributed by atoms with Crippen molar-refractivity contribution in [2.45, 2.75) is 22.9 Å². The summed E-state index contributed by atoms with van der Waals surface area (Å²) in [6.45, 7) is 0. The number of anilines is 1. The van der Waals surface area contributed by atoms with Gasteiger partial charge in [0.25, 0.3) is 0 Å². The lowest BCUT2D eigenvalue weighted by Gasteiger charge is -2.00. The topological polar surface area (TPSA) is 105 Å². The molecule has 0 radical (unpaired) electrons. The van der Waals surface area contributed by atoms with Crippen molar-refractivity contribution in [1.82, 2.24) is 15.2 Å². The van der Waals surface area contributed by atoms with E-state index in [1.165, 1.54) is 35.4 Å². The van der Waals surface area contributed by atoms with Gasteiger partial charge in [-0.05, 0) is 29.8 Å². The maximum atomic E-state index is 13.9. The molecule has 4 rings (SSSR count). The van der Waals surface area contributed by atoms with E-state index >= 15 is 0 Å². The molecule has 166 valence electrons. The molecule has 7 nitrogen and oxygen atoms in total. The van der Waals surface area contributed by atoms with Crippen LogP contribution in [0.3, 0.4) is 0 Å². The Labute approximate surface area is 195 Å². The average Bonchev–Trinajstić information content (AvgIpc) is 3.46. The molecule has 0 aliphatic rings. The van der Waals surface area contributed by atoms with Crippen molar-refractivity contribution < 1.29 is 18.0 Å². The predicted molar refractivity (Wildman–Crippen MR) is 119 cm³/mol. The van der Waals surface area contributed by atoms with Gasteiger partial charge in [-0.1, -0.05) is 35.2 Å². The lowest BCUT2D eigenvalue weighted by Crippen LogP contribution is -2.12. The molecule has 0 fully saturated rings. The van der Waals surface area contributed by atoms with Crippen molar-refractivity contribution in [3.8, 4) is 17.4 Å². The van der Waals surface area contributed by atoms with E-state index in [2.05, 4.69) is 26.6 Å². The predicted octanol–water partition coefficient (Wildman–Crippen LogP) is 5.21. The van der Waals surface area contributed by atoms with Gasteiger partial charge in [0.2, 0.25) is 11.0 Å². The number of thioether (sulfide) groups is 1. The first-order valence-corrected chi connectivity index (χ1v) is 11.5. The quantitative estimate of drug-likeness (QED) is 0.271. The molecule has 0 unspecified atom stereocenters. The summed E-state index contributed by atoms with van der Waals surface area (Å²) < 4.78 is 33.1. The first kappa shape index (κ1) is 22.6. The zero-order valence-corrected chi connectivity index (χ0v) is 18.6. The molecule has 2 heterocycles. The fourth-order valence-electron chi connectivity index (χ4n) is 2.78. The summed E-state index contributed by atoms with van der Waals surface area (Å²) in [6, 6.07) is 12.5. The highest BCUT2D eigenvalue weighted by molar-refractivity contribution is 8.00. The summed E-state index contributed by atoms with van der Waals surface area (Å²) in [6.07, 6.45) is 1.62. The third-order valence-corrected chi connectivity index (χ3v) is 6.46. The minimum atomic E-state index is -0.750. The highest BCUT2D eigenvalue weighted by atomic mass is 32.2. The standard InChI is InChI=1S/C22H15F2N5O2S2/c23-15-5-6-16(17(24)9-15)18-11-26-20(31-18)8-7-19(30)27-21-28-29-22(33-21)32-12-14-3-1-13(10-25)2-4-14/h1-6,9,11H,7-8,12H2,(H,27,28,30). The van der Waals surface area contributed by atoms with E-state index in [0.29, 0.717) is 20.8 Å². The molecule has 0 spiro atoms. The Morgan fingerprint density at radius 1 is 1.18 bits per heavy atom. The van der Waals surface area contributed by atoms with Crippen molar-refractivity contribution in [3.05, 3.63) is 77.3 Å². The fraction of sp³-hybridized carbons (Fsp3) is 0.136. The molecule has 1 N–H and O–H groups in total. The van der Waals surface area contributed by atoms with Crippen LogP contribution in [-0.4, -0.2) is 21.1 Å². The van der Waals surface area contributed by atoms with Gasteiger partial charge in [-0.15, -0.1) is 10.2 Å². The summed E-state index contributed by atoms with van der Waals surface area (Å²) in [5.74, 6) is -0.631. The van der Waals surface area contributed by atoms with Gasteiger partial charge in [0.15, 0.2) is 16.0 Å². The number of nitrogens with one attached hydrogen (secondary N) is 1. The summed E-state index contributed by atoms with van der Waals surface area (Å²) in [5.41, 5.74) is 1.75. The second kappa shape index (κ2) is 10.3. The molecule has 0 aliphatic heterocycles. The maximum Gasteiger partial charge on any atom is 0.226 e. The lowest BCUT2D eigenvalue weighted by atomic mass is 10.2. The van der Waals surface area contributed by atoms with Crippen LogP contribution in [0.15, 0.2) is 57.4 Å². The van der Waals surface area contributed by atoms with Gasteiger partial charge in [-0.25, -0.2) is 13.8 Å². The van der Waals surface area contributed by atoms with Gasteiger partial charge in [0, 0.05) is 24.7 Å². The Bertz CT molecular complexity index is 1320. The van der Waals surface area contributed by atoms with Crippen LogP contribution in [-0.2, 0) is 17.0 Å². The number of hydrogen-bond donors (Lipinski definition) is 1. The maximum absolute atomic E-state index is 13.9. The van der Waals surface area contributed by atoms with Crippen LogP contribution in [0, 0.1) is 23.0 Å². The lowest BCUT2D eigenvalue weighted by molar-refractivity contribution is -0.116. The third kappa shape index (κ3) is 6.00. The number of benzene rings is 2. The number of nitriles is 1. The molecular weight excluding hydrogens is 468 g/mol. The summed E-state index contributed by atoms with van der Waals surface area (Å²) >= 11 is 2.74. The van der Waals surface area contributed by atoms with E-state index < -0.39 is 11.6 Å². The van der Waals surface area contributed by atoms with Crippen LogP contribution >= 0.6 is 23.1 Å². The highest BCUT2D eigenvalue weighted by Gasteiger charge is 2.14. The van der Waals surface area contributed by atoms with Gasteiger partial charge >= 0.3 is 0 Å². The second-order valence-corrected chi connectivity index (χ2v) is 8.96. The number of hydrogen-bond acceptors (Lipinski definition) is 8. The molecule has 2 aromatic carbocycles. The SMILES string of the molecule is N#Cc1ccc(CSc2nnc(NC(=O)CCc3ncc(-c4ccc(F)cc4F)o3)s2)cc1. The van der Waals surface area contributed by atoms with Gasteiger partial charge in [0.1, 0.15) is 11.6 Å². The number of carbonyl (C=O) groups excluding carboxylic acids is 1. The summed E-state index contributed by atoms with van der Waals surface area (Å²) in [4.78, 5) is 16.3. The zero-order valence-electron chi connectivity index (χ0n) is 16.9. The van der Waals surface area contributed by atoms with E-state index in [9.17, 15) is 13.6 Å². The Morgan fingerprint density at radius 2 is 2.00 bits per heavy atom. The van der Waals surface area contributed by atoms with Gasteiger partial charge < -0.3 is 9.73 Å². The Kier molecular flexibility index (Phi) is 7.07. The molecular formula is C22H15F2N5O2S2. The smallest absolute Gasteiger partial charge is 0.226 e. The van der Waals surface area contributed by atoms with Crippen molar-refractivity contribution >= 4 is 34.1 Å². The minimum Gasteiger partial charge on any atom is -0.441 e. The Hall–Kier alpha value is -3.62. The largest absolute Gasteiger partial charge is 0.441 e. The summed E-state index contributed by atoms with van der Waals surface area (Å²) in [7, 11) is 0. The normalized spacial score (nSPS) is 10.7. The molecule has 0 atom stereocenters. The fourth-order valence-corrected chi connectivity index (χ4v) is 4.51. The molecule has 1 amide bonds. The number of nitrogens with zero attached hydrogens (tertiary/aromatic N) is 4. The zero-order chi connectivity index (χ0) is 23.2. The van der Waals surface area contributed by atoms with Crippen LogP contribution < -0.4 is 5.32 Å². The van der Waals surface area contributed by atoms with Crippen molar-refractivity contribution in [2.24, 2.45) is 0 Å². The van der Waals surface area contributed by atoms with E-state index in [-0.39, 0.29) is 36.0 Å². The van der Waals surface area contributed by atoms with Crippen molar-refractivity contribution in [3.63, 3.8) is 0 Å². The monoisotopic (exact) mass is 483 g/mol. The number of aromatic nitrogens is 3. The number of halogens is 2. The molecule has 0 saturated heterocycles. The molecule has 0 bridgehead atoms. The molecule has 33 heavy (non-hydrogen) atoms. The van der Waals surface area contributed by atoms with Crippen LogP contribution in [0.2, 0.25) is 0 Å². The first-order chi connectivity index (χ1) is 16.0. The molecule has 0 aliphatic carbocycles. The van der Waals surface area contributed by atoms with Crippen LogP contribution in [0.1, 0.15) is 23.4 Å². The number of aryl methyl sites for hydroxylation is 1. The first-order valence-electron chi connectivity index (χ1n) is 9.65. The molecule has 4 aromatic rings. The van der Waals surface area contributed by atoms with Gasteiger partial charge in [-0.2, -0.15) is 5.26 Å². The van der Waals surface area contributed by atoms with E-state index in [4.69, 9.17) is 9.68 Å². The van der Waals surface area contributed by atoms with Crippen LogP contribution in [0.25, 0.3) is 11.3 Å². The molecule has 11 heteroatoms. The van der Waals surface area contributed by atoms with Crippen molar-refractivity contribution in [2.75, 3.05) is 5.32 Å². The van der Waals surface area contributed by atoms with E-state index in [0.717, 1.165) is 17.7 Å².